The molecular formula is C25H40FN3O4. The molecule has 186 valence electrons. The van der Waals surface area contributed by atoms with Gasteiger partial charge < -0.3 is 19.6 Å². The molecule has 3 N–H and O–H groups in total. The summed E-state index contributed by atoms with van der Waals surface area (Å²) < 4.78 is 19.9. The van der Waals surface area contributed by atoms with E-state index in [9.17, 15) is 14.3 Å². The van der Waals surface area contributed by atoms with Crippen LogP contribution in [-0.4, -0.2) is 53.1 Å². The number of methoxy groups -OCH3 is 1. The number of hydrogen-bond donors (Lipinski definition) is 2. The molecule has 1 saturated heterocycles. The highest BCUT2D eigenvalue weighted by Gasteiger charge is 2.40. The standard InChI is InChI=1S/C17H20FN3O4.2C4H10/c1-24-11-2-3-13-12(9-11)10(4-6-20-13)8-14-16(18)15(22)5-7-21(14)17(23)25-19;2*1-4(2)3/h2-4,6,9,14-16,22H,5,7-8,19H2,1H3;2*4H,1-3H3. The lowest BCUT2D eigenvalue weighted by molar-refractivity contribution is -0.0319. The number of aliphatic hydroxyl groups is 1. The lowest BCUT2D eigenvalue weighted by atomic mass is 9.91. The predicted molar refractivity (Wildman–Crippen MR) is 130 cm³/mol. The number of amides is 1. The van der Waals surface area contributed by atoms with Crippen molar-refractivity contribution < 1.29 is 23.9 Å². The minimum Gasteiger partial charge on any atom is -0.497 e. The molecule has 0 bridgehead atoms. The summed E-state index contributed by atoms with van der Waals surface area (Å²) in [5, 5.41) is 10.7. The van der Waals surface area contributed by atoms with E-state index in [0.29, 0.717) is 5.75 Å². The Morgan fingerprint density at radius 3 is 2.36 bits per heavy atom. The Morgan fingerprint density at radius 2 is 1.82 bits per heavy atom. The number of nitrogens with zero attached hydrogens (tertiary/aromatic N) is 2. The van der Waals surface area contributed by atoms with Gasteiger partial charge in [-0.2, -0.15) is 5.90 Å². The minimum atomic E-state index is -1.60. The number of carbonyl (C=O) groups excluding carboxylic acids is 1. The molecule has 33 heavy (non-hydrogen) atoms. The maximum atomic E-state index is 14.6. The van der Waals surface area contributed by atoms with Gasteiger partial charge in [-0.05, 0) is 54.5 Å². The summed E-state index contributed by atoms with van der Waals surface area (Å²) in [6, 6.07) is 6.31. The summed E-state index contributed by atoms with van der Waals surface area (Å²) in [5.41, 5.74) is 1.53. The zero-order valence-corrected chi connectivity index (χ0v) is 20.9. The molecule has 1 aliphatic rings. The fraction of sp³-hybridized carbons (Fsp3) is 0.600. The second-order valence-electron chi connectivity index (χ2n) is 9.47. The average molecular weight is 466 g/mol. The van der Waals surface area contributed by atoms with Crippen molar-refractivity contribution in [3.05, 3.63) is 36.0 Å². The maximum Gasteiger partial charge on any atom is 0.428 e. The maximum absolute atomic E-state index is 14.6. The number of aliphatic hydroxyl groups excluding tert-OH is 1. The molecule has 2 aromatic rings. The number of piperidine rings is 1. The number of fused-ring (bicyclic) bond motifs is 1. The van der Waals surface area contributed by atoms with Gasteiger partial charge in [0.2, 0.25) is 0 Å². The van der Waals surface area contributed by atoms with E-state index in [1.807, 2.05) is 12.1 Å². The number of likely N-dealkylation sites (tertiary alicyclic amines) is 1. The number of halogens is 1. The van der Waals surface area contributed by atoms with Gasteiger partial charge in [-0.25, -0.2) is 9.18 Å². The normalized spacial score (nSPS) is 20.0. The Morgan fingerprint density at radius 1 is 1.21 bits per heavy atom. The molecule has 3 rings (SSSR count). The third-order valence-corrected chi connectivity index (χ3v) is 4.60. The van der Waals surface area contributed by atoms with Crippen LogP contribution < -0.4 is 10.6 Å². The SMILES string of the molecule is CC(C)C.CC(C)C.COc1ccc2nccc(CC3C(F)C(O)CCN3C(=O)ON)c2c1. The quantitative estimate of drug-likeness (QED) is 0.626. The molecule has 1 fully saturated rings. The van der Waals surface area contributed by atoms with Crippen molar-refractivity contribution in [2.24, 2.45) is 17.7 Å². The van der Waals surface area contributed by atoms with E-state index in [2.05, 4.69) is 51.4 Å². The number of hydrogen-bond acceptors (Lipinski definition) is 6. The highest BCUT2D eigenvalue weighted by atomic mass is 19.1. The molecule has 0 spiro atoms. The smallest absolute Gasteiger partial charge is 0.428 e. The lowest BCUT2D eigenvalue weighted by Gasteiger charge is -2.39. The first-order valence-corrected chi connectivity index (χ1v) is 11.4. The van der Waals surface area contributed by atoms with Crippen molar-refractivity contribution in [3.63, 3.8) is 0 Å². The van der Waals surface area contributed by atoms with Crippen LogP contribution in [0.25, 0.3) is 10.9 Å². The van der Waals surface area contributed by atoms with Gasteiger partial charge in [0, 0.05) is 18.1 Å². The van der Waals surface area contributed by atoms with Crippen molar-refractivity contribution >= 4 is 17.0 Å². The van der Waals surface area contributed by atoms with Crippen molar-refractivity contribution in [1.82, 2.24) is 9.88 Å². The number of benzene rings is 1. The van der Waals surface area contributed by atoms with Crippen LogP contribution in [0.15, 0.2) is 30.5 Å². The van der Waals surface area contributed by atoms with Gasteiger partial charge in [0.1, 0.15) is 11.9 Å². The second kappa shape index (κ2) is 14.0. The topological polar surface area (TPSA) is 97.9 Å². The van der Waals surface area contributed by atoms with Crippen molar-refractivity contribution in [3.8, 4) is 5.75 Å². The Balaban J connectivity index is 0.000000591. The number of alkyl halides is 1. The molecular weight excluding hydrogens is 425 g/mol. The van der Waals surface area contributed by atoms with Gasteiger partial charge in [-0.15, -0.1) is 0 Å². The van der Waals surface area contributed by atoms with Gasteiger partial charge in [-0.1, -0.05) is 41.5 Å². The summed E-state index contributed by atoms with van der Waals surface area (Å²) in [6.45, 7) is 13.2. The van der Waals surface area contributed by atoms with Crippen LogP contribution in [0.5, 0.6) is 5.75 Å². The molecule has 8 heteroatoms. The highest BCUT2D eigenvalue weighted by molar-refractivity contribution is 5.83. The Kier molecular flexibility index (Phi) is 12.1. The van der Waals surface area contributed by atoms with E-state index < -0.39 is 24.4 Å². The van der Waals surface area contributed by atoms with Crippen LogP contribution in [0.1, 0.15) is 53.5 Å². The van der Waals surface area contributed by atoms with E-state index in [-0.39, 0.29) is 19.4 Å². The van der Waals surface area contributed by atoms with Crippen LogP contribution >= 0.6 is 0 Å². The molecule has 7 nitrogen and oxygen atoms in total. The third-order valence-electron chi connectivity index (χ3n) is 4.60. The lowest BCUT2D eigenvalue weighted by Crippen LogP contribution is -2.56. The summed E-state index contributed by atoms with van der Waals surface area (Å²) in [5.74, 6) is 7.28. The van der Waals surface area contributed by atoms with Crippen LogP contribution in [0.2, 0.25) is 0 Å². The van der Waals surface area contributed by atoms with Crippen LogP contribution in [0.4, 0.5) is 9.18 Å². The monoisotopic (exact) mass is 465 g/mol. The number of aromatic nitrogens is 1. The number of pyridine rings is 1. The van der Waals surface area contributed by atoms with E-state index in [1.54, 1.807) is 25.4 Å². The molecule has 1 amide bonds. The fourth-order valence-electron chi connectivity index (χ4n) is 3.25. The van der Waals surface area contributed by atoms with E-state index >= 15 is 0 Å². The third kappa shape index (κ3) is 9.14. The molecule has 0 aliphatic carbocycles. The van der Waals surface area contributed by atoms with Gasteiger partial charge in [-0.3, -0.25) is 4.98 Å². The molecule has 0 saturated carbocycles. The summed E-state index contributed by atoms with van der Waals surface area (Å²) in [7, 11) is 1.56. The zero-order chi connectivity index (χ0) is 25.1. The number of rotatable bonds is 3. The Bertz CT molecular complexity index is 851. The van der Waals surface area contributed by atoms with E-state index in [1.165, 1.54) is 4.90 Å². The zero-order valence-electron chi connectivity index (χ0n) is 20.9. The van der Waals surface area contributed by atoms with E-state index in [4.69, 9.17) is 10.6 Å². The van der Waals surface area contributed by atoms with Gasteiger partial charge in [0.25, 0.3) is 0 Å². The first-order chi connectivity index (χ1) is 15.5. The molecule has 1 aromatic heterocycles. The van der Waals surface area contributed by atoms with Crippen LogP contribution in [0, 0.1) is 11.8 Å². The molecule has 1 aliphatic heterocycles. The Labute approximate surface area is 197 Å². The highest BCUT2D eigenvalue weighted by Crippen LogP contribution is 2.29. The molecule has 3 atom stereocenters. The van der Waals surface area contributed by atoms with Crippen LogP contribution in [0.3, 0.4) is 0 Å². The predicted octanol–water partition coefficient (Wildman–Crippen LogP) is 4.89. The fourth-order valence-corrected chi connectivity index (χ4v) is 3.25. The second-order valence-corrected chi connectivity index (χ2v) is 9.47. The first-order valence-electron chi connectivity index (χ1n) is 11.4. The summed E-state index contributed by atoms with van der Waals surface area (Å²) in [6.07, 6.45) is -1.58. The summed E-state index contributed by atoms with van der Waals surface area (Å²) in [4.78, 5) is 21.7. The Hall–Kier alpha value is -2.45. The van der Waals surface area contributed by atoms with Gasteiger partial charge >= 0.3 is 6.09 Å². The number of ether oxygens (including phenoxy) is 1. The molecule has 3 unspecified atom stereocenters. The van der Waals surface area contributed by atoms with Gasteiger partial charge in [0.15, 0.2) is 0 Å². The molecule has 2 heterocycles. The number of nitrogens with two attached hydrogens (primary N) is 1. The average Bonchev–Trinajstić information content (AvgIpc) is 2.75. The summed E-state index contributed by atoms with van der Waals surface area (Å²) >= 11 is 0. The first kappa shape index (κ1) is 28.6. The minimum absolute atomic E-state index is 0.137. The molecule has 1 aromatic carbocycles. The molecule has 0 radical (unpaired) electrons. The van der Waals surface area contributed by atoms with Crippen molar-refractivity contribution in [1.29, 1.82) is 0 Å². The van der Waals surface area contributed by atoms with E-state index in [0.717, 1.165) is 28.3 Å². The largest absolute Gasteiger partial charge is 0.497 e. The van der Waals surface area contributed by atoms with Crippen molar-refractivity contribution in [2.75, 3.05) is 13.7 Å². The van der Waals surface area contributed by atoms with Crippen molar-refractivity contribution in [2.45, 2.75) is 72.7 Å². The number of carbonyl (C=O) groups is 1. The van der Waals surface area contributed by atoms with Gasteiger partial charge in [0.05, 0.1) is 24.8 Å². The van der Waals surface area contributed by atoms with Crippen LogP contribution in [-0.2, 0) is 11.3 Å².